The first kappa shape index (κ1) is 27.6. The Hall–Kier alpha value is -3.97. The molecule has 4 aromatic rings. The summed E-state index contributed by atoms with van der Waals surface area (Å²) in [7, 11) is -4.24. The van der Waals surface area contributed by atoms with Gasteiger partial charge in [-0.2, -0.15) is 13.2 Å². The van der Waals surface area contributed by atoms with E-state index in [1.807, 2.05) is 6.07 Å². The molecule has 0 spiro atoms. The normalized spacial score (nSPS) is 16.0. The van der Waals surface area contributed by atoms with Crippen LogP contribution in [0.15, 0.2) is 67.0 Å². The van der Waals surface area contributed by atoms with Crippen LogP contribution in [0.1, 0.15) is 19.3 Å². The van der Waals surface area contributed by atoms with Gasteiger partial charge < -0.3 is 15.4 Å². The number of halogens is 3. The van der Waals surface area contributed by atoms with Gasteiger partial charge in [-0.05, 0) is 49.7 Å². The third-order valence-corrected chi connectivity index (χ3v) is 7.61. The number of hydrogen-bond acceptors (Lipinski definition) is 8. The Bertz CT molecular complexity index is 1590. The summed E-state index contributed by atoms with van der Waals surface area (Å²) in [4.78, 5) is 13.4. The molecule has 0 aliphatic carbocycles. The van der Waals surface area contributed by atoms with Crippen molar-refractivity contribution in [3.8, 4) is 22.9 Å². The minimum atomic E-state index is -4.58. The van der Waals surface area contributed by atoms with Crippen LogP contribution >= 0.6 is 0 Å². The molecule has 1 aliphatic heterocycles. The number of nitrogens with one attached hydrogen (secondary N) is 3. The molecule has 210 valence electrons. The molecule has 1 saturated heterocycles. The lowest BCUT2D eigenvalue weighted by Crippen LogP contribution is -2.38. The maximum Gasteiger partial charge on any atom is 0.390 e. The maximum absolute atomic E-state index is 12.6. The highest BCUT2D eigenvalue weighted by Crippen LogP contribution is 2.36. The Balaban J connectivity index is 1.41. The fraction of sp³-hybridized carbons (Fsp3) is 0.296. The van der Waals surface area contributed by atoms with Crippen molar-refractivity contribution in [1.82, 2.24) is 20.3 Å². The number of anilines is 2. The predicted octanol–water partition coefficient (Wildman–Crippen LogP) is 5.34. The summed E-state index contributed by atoms with van der Waals surface area (Å²) in [6, 6.07) is 15.4. The molecule has 0 unspecified atom stereocenters. The highest BCUT2D eigenvalue weighted by atomic mass is 32.2. The number of nitrogens with zero attached hydrogens (tertiary/aromatic N) is 3. The molecule has 1 fully saturated rings. The minimum absolute atomic E-state index is 0.148. The molecule has 3 N–H and O–H groups in total. The number of pyridine rings is 1. The molecule has 3 heterocycles. The van der Waals surface area contributed by atoms with Crippen LogP contribution in [0, 0.1) is 0 Å². The summed E-state index contributed by atoms with van der Waals surface area (Å²) in [6.45, 7) is 1.82. The zero-order valence-electron chi connectivity index (χ0n) is 21.3. The van der Waals surface area contributed by atoms with Gasteiger partial charge in [-0.3, -0.25) is 4.72 Å². The topological polar surface area (TPSA) is 118 Å². The molecule has 1 atom stereocenters. The number of benzene rings is 2. The third-order valence-electron chi connectivity index (χ3n) is 6.34. The van der Waals surface area contributed by atoms with Crippen LogP contribution in [0.4, 0.5) is 24.8 Å². The average Bonchev–Trinajstić information content (AvgIpc) is 2.93. The van der Waals surface area contributed by atoms with Crippen molar-refractivity contribution in [3.63, 3.8) is 0 Å². The molecule has 2 aromatic heterocycles. The van der Waals surface area contributed by atoms with E-state index < -0.39 is 28.4 Å². The van der Waals surface area contributed by atoms with Crippen LogP contribution in [0.5, 0.6) is 11.6 Å². The van der Waals surface area contributed by atoms with Crippen LogP contribution in [0.25, 0.3) is 22.0 Å². The van der Waals surface area contributed by atoms with E-state index in [2.05, 4.69) is 30.3 Å². The second-order valence-corrected chi connectivity index (χ2v) is 11.2. The van der Waals surface area contributed by atoms with Crippen LogP contribution in [-0.2, 0) is 10.0 Å². The Morgan fingerprint density at radius 1 is 1.00 bits per heavy atom. The van der Waals surface area contributed by atoms with Gasteiger partial charge >= 0.3 is 6.18 Å². The molecule has 0 radical (unpaired) electrons. The number of rotatable bonds is 9. The van der Waals surface area contributed by atoms with E-state index in [1.165, 1.54) is 6.07 Å². The van der Waals surface area contributed by atoms with E-state index in [9.17, 15) is 21.6 Å². The Morgan fingerprint density at radius 3 is 2.62 bits per heavy atom. The summed E-state index contributed by atoms with van der Waals surface area (Å²) < 4.78 is 71.0. The van der Waals surface area contributed by atoms with Crippen LogP contribution in [0.3, 0.4) is 0 Å². The second kappa shape index (κ2) is 11.6. The molecular weight excluding hydrogens is 545 g/mol. The quantitative estimate of drug-likeness (QED) is 0.246. The van der Waals surface area contributed by atoms with Gasteiger partial charge in [0.15, 0.2) is 0 Å². The lowest BCUT2D eigenvalue weighted by molar-refractivity contribution is -0.129. The second-order valence-electron chi connectivity index (χ2n) is 9.35. The van der Waals surface area contributed by atoms with Crippen LogP contribution < -0.4 is 20.1 Å². The van der Waals surface area contributed by atoms with Crippen molar-refractivity contribution < 1.29 is 26.3 Å². The number of hydrogen-bond donors (Lipinski definition) is 3. The fourth-order valence-electron chi connectivity index (χ4n) is 4.43. The summed E-state index contributed by atoms with van der Waals surface area (Å²) >= 11 is 0. The van der Waals surface area contributed by atoms with Crippen molar-refractivity contribution in [2.45, 2.75) is 31.5 Å². The Morgan fingerprint density at radius 2 is 1.82 bits per heavy atom. The summed E-state index contributed by atoms with van der Waals surface area (Å²) in [6.07, 6.45) is -0.696. The Kier molecular flexibility index (Phi) is 8.03. The first-order valence-electron chi connectivity index (χ1n) is 12.7. The monoisotopic (exact) mass is 572 g/mol. The molecule has 0 saturated carbocycles. The molecule has 0 amide bonds. The van der Waals surface area contributed by atoms with Crippen molar-refractivity contribution in [3.05, 3.63) is 67.0 Å². The van der Waals surface area contributed by atoms with Gasteiger partial charge in [0.2, 0.25) is 21.9 Å². The van der Waals surface area contributed by atoms with E-state index in [0.717, 1.165) is 25.9 Å². The highest BCUT2D eigenvalue weighted by molar-refractivity contribution is 7.92. The lowest BCUT2D eigenvalue weighted by Gasteiger charge is -2.23. The van der Waals surface area contributed by atoms with Crippen LogP contribution in [-0.4, -0.2) is 54.4 Å². The molecule has 0 bridgehead atoms. The SMILES string of the molecule is O=S(=O)(CCC(F)(F)F)Nc1cccc2c(Oc3ncccc3-c3ccnc(N[C@H]4CCCNC4)n3)cccc12. The minimum Gasteiger partial charge on any atom is -0.438 e. The lowest BCUT2D eigenvalue weighted by atomic mass is 10.1. The molecule has 2 aromatic carbocycles. The van der Waals surface area contributed by atoms with Crippen molar-refractivity contribution in [1.29, 1.82) is 0 Å². The van der Waals surface area contributed by atoms with Gasteiger partial charge in [0.05, 0.1) is 29.1 Å². The molecule has 5 rings (SSSR count). The van der Waals surface area contributed by atoms with Gasteiger partial charge in [0.1, 0.15) is 5.75 Å². The van der Waals surface area contributed by atoms with E-state index in [0.29, 0.717) is 33.7 Å². The zero-order valence-corrected chi connectivity index (χ0v) is 22.1. The fourth-order valence-corrected chi connectivity index (χ4v) is 5.55. The molecule has 40 heavy (non-hydrogen) atoms. The standard InChI is InChI=1S/C27H27F3N6O3S/c28-27(29,30)12-16-40(37,38)36-23-9-1-7-20-19(23)6-2-10-24(20)39-25-21(8-4-14-32-25)22-11-15-33-26(35-22)34-18-5-3-13-31-17-18/h1-2,4,6-11,14-15,18,31,36H,3,5,12-13,16-17H2,(H,33,34,35)/t18-/m0/s1. The van der Waals surface area contributed by atoms with Crippen molar-refractivity contribution in [2.24, 2.45) is 0 Å². The molecule has 1 aliphatic rings. The van der Waals surface area contributed by atoms with Gasteiger partial charge in [0, 0.05) is 35.8 Å². The first-order valence-corrected chi connectivity index (χ1v) is 14.3. The number of aromatic nitrogens is 3. The largest absolute Gasteiger partial charge is 0.438 e. The number of alkyl halides is 3. The van der Waals surface area contributed by atoms with Crippen molar-refractivity contribution >= 4 is 32.4 Å². The van der Waals surface area contributed by atoms with Gasteiger partial charge in [-0.25, -0.2) is 23.4 Å². The van der Waals surface area contributed by atoms with E-state index >= 15 is 0 Å². The molecule has 13 heteroatoms. The number of fused-ring (bicyclic) bond motifs is 1. The summed E-state index contributed by atoms with van der Waals surface area (Å²) in [5.41, 5.74) is 1.37. The smallest absolute Gasteiger partial charge is 0.390 e. The number of piperidine rings is 1. The van der Waals surface area contributed by atoms with E-state index in [1.54, 1.807) is 54.9 Å². The van der Waals surface area contributed by atoms with Gasteiger partial charge in [-0.15, -0.1) is 0 Å². The molecular formula is C27H27F3N6O3S. The zero-order chi connectivity index (χ0) is 28.2. The molecule has 9 nitrogen and oxygen atoms in total. The highest BCUT2D eigenvalue weighted by Gasteiger charge is 2.30. The van der Waals surface area contributed by atoms with Crippen LogP contribution in [0.2, 0.25) is 0 Å². The first-order chi connectivity index (χ1) is 19.2. The maximum atomic E-state index is 12.6. The Labute approximate surface area is 229 Å². The summed E-state index contributed by atoms with van der Waals surface area (Å²) in [5.74, 6) is 0.0752. The van der Waals surface area contributed by atoms with E-state index in [4.69, 9.17) is 4.74 Å². The van der Waals surface area contributed by atoms with E-state index in [-0.39, 0.29) is 17.6 Å². The summed E-state index contributed by atoms with van der Waals surface area (Å²) in [5, 5.41) is 7.72. The predicted molar refractivity (Wildman–Crippen MR) is 147 cm³/mol. The third kappa shape index (κ3) is 6.96. The number of sulfonamides is 1. The van der Waals surface area contributed by atoms with Gasteiger partial charge in [0.25, 0.3) is 0 Å². The average molecular weight is 573 g/mol. The van der Waals surface area contributed by atoms with Gasteiger partial charge in [-0.1, -0.05) is 24.3 Å². The number of ether oxygens (including phenoxy) is 1. The van der Waals surface area contributed by atoms with Crippen molar-refractivity contribution in [2.75, 3.05) is 28.9 Å².